The van der Waals surface area contributed by atoms with Crippen LogP contribution in [-0.2, 0) is 19.6 Å². The first-order chi connectivity index (χ1) is 13.9. The van der Waals surface area contributed by atoms with Crippen molar-refractivity contribution in [2.24, 2.45) is 0 Å². The van der Waals surface area contributed by atoms with E-state index in [0.29, 0.717) is 16.8 Å². The Morgan fingerprint density at radius 3 is 2.48 bits per heavy atom. The molecule has 2 aromatic rings. The number of carbonyl (C=O) groups excluding carboxylic acids is 1. The standard InChI is InChI=1S/C20H24ClN3O4S/c1-28-18-9-11-24(12-10-18)17-7-5-16(6-8-17)23-20(25)14-22-29(26,27)19-4-2-3-15(21)13-19/h2-8,13,18,22H,9-12,14H2,1H3,(H,23,25). The predicted octanol–water partition coefficient (Wildman–Crippen LogP) is 2.87. The van der Waals surface area contributed by atoms with Crippen LogP contribution in [0.4, 0.5) is 11.4 Å². The lowest BCUT2D eigenvalue weighted by Gasteiger charge is -2.33. The Kier molecular flexibility index (Phi) is 7.13. The predicted molar refractivity (Wildman–Crippen MR) is 114 cm³/mol. The highest BCUT2D eigenvalue weighted by Crippen LogP contribution is 2.23. The third-order valence-corrected chi connectivity index (χ3v) is 6.45. The van der Waals surface area contributed by atoms with Gasteiger partial charge in [0.25, 0.3) is 0 Å². The van der Waals surface area contributed by atoms with Crippen molar-refractivity contribution in [1.82, 2.24) is 4.72 Å². The molecule has 1 amide bonds. The number of rotatable bonds is 7. The van der Waals surface area contributed by atoms with Gasteiger partial charge in [-0.05, 0) is 55.3 Å². The van der Waals surface area contributed by atoms with E-state index in [4.69, 9.17) is 16.3 Å². The third-order valence-electron chi connectivity index (χ3n) is 4.82. The van der Waals surface area contributed by atoms with Gasteiger partial charge in [0.05, 0.1) is 17.5 Å². The summed E-state index contributed by atoms with van der Waals surface area (Å²) < 4.78 is 32.1. The topological polar surface area (TPSA) is 87.7 Å². The Morgan fingerprint density at radius 1 is 1.17 bits per heavy atom. The van der Waals surface area contributed by atoms with Crippen molar-refractivity contribution in [3.05, 3.63) is 53.6 Å². The summed E-state index contributed by atoms with van der Waals surface area (Å²) in [6, 6.07) is 13.4. The van der Waals surface area contributed by atoms with E-state index >= 15 is 0 Å². The Labute approximate surface area is 176 Å². The van der Waals surface area contributed by atoms with Gasteiger partial charge in [0, 0.05) is 36.6 Å². The quantitative estimate of drug-likeness (QED) is 0.695. The van der Waals surface area contributed by atoms with E-state index in [2.05, 4.69) is 14.9 Å². The summed E-state index contributed by atoms with van der Waals surface area (Å²) in [5, 5.41) is 3.00. The first-order valence-electron chi connectivity index (χ1n) is 9.30. The first kappa shape index (κ1) is 21.6. The average Bonchev–Trinajstić information content (AvgIpc) is 2.73. The normalized spacial score (nSPS) is 15.3. The zero-order valence-electron chi connectivity index (χ0n) is 16.1. The fourth-order valence-corrected chi connectivity index (χ4v) is 4.47. The molecule has 0 unspecified atom stereocenters. The number of hydrogen-bond donors (Lipinski definition) is 2. The summed E-state index contributed by atoms with van der Waals surface area (Å²) in [5.74, 6) is -0.454. The molecule has 156 valence electrons. The maximum absolute atomic E-state index is 12.2. The fourth-order valence-electron chi connectivity index (χ4n) is 3.19. The van der Waals surface area contributed by atoms with Gasteiger partial charge in [0.2, 0.25) is 15.9 Å². The van der Waals surface area contributed by atoms with Crippen LogP contribution < -0.4 is 14.9 Å². The number of halogens is 1. The minimum Gasteiger partial charge on any atom is -0.381 e. The second-order valence-corrected chi connectivity index (χ2v) is 9.00. The molecule has 1 aliphatic rings. The van der Waals surface area contributed by atoms with Crippen LogP contribution in [0.15, 0.2) is 53.4 Å². The second-order valence-electron chi connectivity index (χ2n) is 6.80. The summed E-state index contributed by atoms with van der Waals surface area (Å²) in [6.07, 6.45) is 2.30. The number of hydrogen-bond acceptors (Lipinski definition) is 5. The first-order valence-corrected chi connectivity index (χ1v) is 11.2. The van der Waals surface area contributed by atoms with Gasteiger partial charge >= 0.3 is 0 Å². The molecule has 0 radical (unpaired) electrons. The third kappa shape index (κ3) is 5.93. The number of methoxy groups -OCH3 is 1. The van der Waals surface area contributed by atoms with Gasteiger partial charge < -0.3 is 15.0 Å². The van der Waals surface area contributed by atoms with E-state index < -0.39 is 15.9 Å². The number of piperidine rings is 1. The maximum Gasteiger partial charge on any atom is 0.241 e. The largest absolute Gasteiger partial charge is 0.381 e. The summed E-state index contributed by atoms with van der Waals surface area (Å²) in [6.45, 7) is 1.48. The van der Waals surface area contributed by atoms with Crippen molar-refractivity contribution < 1.29 is 17.9 Å². The number of sulfonamides is 1. The van der Waals surface area contributed by atoms with Gasteiger partial charge in [-0.1, -0.05) is 17.7 Å². The number of anilines is 2. The van der Waals surface area contributed by atoms with Crippen molar-refractivity contribution in [3.8, 4) is 0 Å². The lowest BCUT2D eigenvalue weighted by atomic mass is 10.1. The number of nitrogens with zero attached hydrogens (tertiary/aromatic N) is 1. The lowest BCUT2D eigenvalue weighted by Crippen LogP contribution is -2.36. The zero-order chi connectivity index (χ0) is 20.9. The van der Waals surface area contributed by atoms with Crippen LogP contribution in [-0.4, -0.2) is 47.2 Å². The Bertz CT molecular complexity index is 942. The zero-order valence-corrected chi connectivity index (χ0v) is 17.7. The SMILES string of the molecule is COC1CCN(c2ccc(NC(=O)CNS(=O)(=O)c3cccc(Cl)c3)cc2)CC1. The molecule has 9 heteroatoms. The Morgan fingerprint density at radius 2 is 1.86 bits per heavy atom. The molecule has 1 aliphatic heterocycles. The summed E-state index contributed by atoms with van der Waals surface area (Å²) in [4.78, 5) is 14.4. The monoisotopic (exact) mass is 437 g/mol. The highest BCUT2D eigenvalue weighted by Gasteiger charge is 2.19. The number of nitrogens with one attached hydrogen (secondary N) is 2. The smallest absolute Gasteiger partial charge is 0.241 e. The second kappa shape index (κ2) is 9.58. The minimum atomic E-state index is -3.81. The maximum atomic E-state index is 12.2. The molecule has 0 bridgehead atoms. The molecular formula is C20H24ClN3O4S. The molecule has 2 aromatic carbocycles. The molecule has 0 saturated carbocycles. The van der Waals surface area contributed by atoms with Crippen molar-refractivity contribution in [2.45, 2.75) is 23.8 Å². The van der Waals surface area contributed by atoms with Crippen molar-refractivity contribution in [1.29, 1.82) is 0 Å². The summed E-state index contributed by atoms with van der Waals surface area (Å²) >= 11 is 5.82. The molecule has 29 heavy (non-hydrogen) atoms. The van der Waals surface area contributed by atoms with Gasteiger partial charge in [0.15, 0.2) is 0 Å². The number of benzene rings is 2. The van der Waals surface area contributed by atoms with Crippen LogP contribution >= 0.6 is 11.6 Å². The van der Waals surface area contributed by atoms with Gasteiger partial charge in [-0.2, -0.15) is 0 Å². The van der Waals surface area contributed by atoms with E-state index in [0.717, 1.165) is 31.6 Å². The summed E-state index contributed by atoms with van der Waals surface area (Å²) in [7, 11) is -2.07. The Hall–Kier alpha value is -2.13. The van der Waals surface area contributed by atoms with Crippen LogP contribution in [0.25, 0.3) is 0 Å². The molecule has 7 nitrogen and oxygen atoms in total. The van der Waals surface area contributed by atoms with E-state index in [-0.39, 0.29) is 11.4 Å². The van der Waals surface area contributed by atoms with E-state index in [1.807, 2.05) is 12.1 Å². The molecule has 0 atom stereocenters. The number of carbonyl (C=O) groups is 1. The molecule has 0 aliphatic carbocycles. The van der Waals surface area contributed by atoms with Crippen LogP contribution in [0.3, 0.4) is 0 Å². The molecular weight excluding hydrogens is 414 g/mol. The van der Waals surface area contributed by atoms with Crippen molar-refractivity contribution >= 4 is 38.9 Å². The van der Waals surface area contributed by atoms with Gasteiger partial charge in [-0.25, -0.2) is 13.1 Å². The molecule has 3 rings (SSSR count). The fraction of sp³-hybridized carbons (Fsp3) is 0.350. The average molecular weight is 438 g/mol. The van der Waals surface area contributed by atoms with Crippen LogP contribution in [0.2, 0.25) is 5.02 Å². The lowest BCUT2D eigenvalue weighted by molar-refractivity contribution is -0.115. The van der Waals surface area contributed by atoms with E-state index in [9.17, 15) is 13.2 Å². The van der Waals surface area contributed by atoms with E-state index in [1.54, 1.807) is 25.3 Å². The van der Waals surface area contributed by atoms with Crippen LogP contribution in [0.1, 0.15) is 12.8 Å². The van der Waals surface area contributed by atoms with Gasteiger partial charge in [0.1, 0.15) is 0 Å². The molecule has 1 saturated heterocycles. The van der Waals surface area contributed by atoms with Gasteiger partial charge in [-0.15, -0.1) is 0 Å². The summed E-state index contributed by atoms with van der Waals surface area (Å²) in [5.41, 5.74) is 1.69. The molecule has 0 spiro atoms. The minimum absolute atomic E-state index is 0.0133. The van der Waals surface area contributed by atoms with Gasteiger partial charge in [-0.3, -0.25) is 4.79 Å². The molecule has 0 aromatic heterocycles. The van der Waals surface area contributed by atoms with E-state index in [1.165, 1.54) is 18.2 Å². The van der Waals surface area contributed by atoms with Crippen LogP contribution in [0, 0.1) is 0 Å². The highest BCUT2D eigenvalue weighted by molar-refractivity contribution is 7.89. The van der Waals surface area contributed by atoms with Crippen molar-refractivity contribution in [3.63, 3.8) is 0 Å². The molecule has 2 N–H and O–H groups in total. The molecule has 1 fully saturated rings. The number of ether oxygens (including phenoxy) is 1. The number of amides is 1. The Balaban J connectivity index is 1.52. The van der Waals surface area contributed by atoms with Crippen LogP contribution in [0.5, 0.6) is 0 Å². The molecule has 1 heterocycles. The van der Waals surface area contributed by atoms with Crippen molar-refractivity contribution in [2.75, 3.05) is 37.0 Å². The highest BCUT2D eigenvalue weighted by atomic mass is 35.5.